The highest BCUT2D eigenvalue weighted by atomic mass is 19.1. The summed E-state index contributed by atoms with van der Waals surface area (Å²) < 4.78 is 29.0. The van der Waals surface area contributed by atoms with Gasteiger partial charge in [-0.15, -0.1) is 0 Å². The minimum absolute atomic E-state index is 0.347. The van der Waals surface area contributed by atoms with E-state index in [0.29, 0.717) is 29.0 Å². The molecule has 0 fully saturated rings. The molecule has 2 nitrogen and oxygen atoms in total. The number of imidazole rings is 1. The molecule has 19 heavy (non-hydrogen) atoms. The zero-order valence-electron chi connectivity index (χ0n) is 10.4. The third kappa shape index (κ3) is 1.89. The van der Waals surface area contributed by atoms with Gasteiger partial charge in [-0.3, -0.25) is 4.57 Å². The smallest absolute Gasteiger partial charge is 0.147 e. The number of hydrogen-bond acceptors (Lipinski definition) is 1. The molecule has 3 aromatic rings. The van der Waals surface area contributed by atoms with Gasteiger partial charge in [0.15, 0.2) is 0 Å². The van der Waals surface area contributed by atoms with Crippen LogP contribution in [0.5, 0.6) is 0 Å². The largest absolute Gasteiger partial charge is 0.293 e. The Balaban J connectivity index is 2.38. The minimum atomic E-state index is -0.354. The first-order valence-corrected chi connectivity index (χ1v) is 6.12. The molecule has 1 heterocycles. The summed E-state index contributed by atoms with van der Waals surface area (Å²) >= 11 is 0. The highest BCUT2D eigenvalue weighted by molar-refractivity contribution is 5.78. The van der Waals surface area contributed by atoms with Crippen LogP contribution in [0.15, 0.2) is 42.5 Å². The lowest BCUT2D eigenvalue weighted by atomic mass is 10.2. The van der Waals surface area contributed by atoms with Crippen LogP contribution in [0.1, 0.15) is 12.7 Å². The van der Waals surface area contributed by atoms with Crippen LogP contribution in [0.3, 0.4) is 0 Å². The molecule has 0 radical (unpaired) electrons. The maximum Gasteiger partial charge on any atom is 0.147 e. The Morgan fingerprint density at radius 1 is 1.11 bits per heavy atom. The van der Waals surface area contributed by atoms with Gasteiger partial charge in [0.05, 0.1) is 16.7 Å². The van der Waals surface area contributed by atoms with E-state index in [1.54, 1.807) is 28.8 Å². The zero-order valence-corrected chi connectivity index (χ0v) is 10.4. The van der Waals surface area contributed by atoms with Crippen molar-refractivity contribution in [2.45, 2.75) is 13.3 Å². The fourth-order valence-electron chi connectivity index (χ4n) is 2.24. The lowest BCUT2D eigenvalue weighted by Crippen LogP contribution is -2.02. The summed E-state index contributed by atoms with van der Waals surface area (Å²) in [5.41, 5.74) is 1.65. The topological polar surface area (TPSA) is 17.8 Å². The molecule has 0 aliphatic carbocycles. The molecule has 0 bridgehead atoms. The first-order valence-electron chi connectivity index (χ1n) is 6.12. The van der Waals surface area contributed by atoms with E-state index in [4.69, 9.17) is 0 Å². The molecule has 0 unspecified atom stereocenters. The van der Waals surface area contributed by atoms with Crippen molar-refractivity contribution in [3.63, 3.8) is 0 Å². The number of nitrogens with zero attached hydrogens (tertiary/aromatic N) is 2. The second kappa shape index (κ2) is 4.46. The Bertz CT molecular complexity index is 747. The van der Waals surface area contributed by atoms with E-state index < -0.39 is 0 Å². The predicted octanol–water partition coefficient (Wildman–Crippen LogP) is 3.87. The molecule has 3 rings (SSSR count). The van der Waals surface area contributed by atoms with Crippen molar-refractivity contribution >= 4 is 11.0 Å². The van der Waals surface area contributed by atoms with Crippen LogP contribution in [-0.4, -0.2) is 9.55 Å². The Morgan fingerprint density at radius 3 is 2.63 bits per heavy atom. The monoisotopic (exact) mass is 258 g/mol. The lowest BCUT2D eigenvalue weighted by Gasteiger charge is -2.09. The predicted molar refractivity (Wildman–Crippen MR) is 70.4 cm³/mol. The molecule has 0 N–H and O–H groups in total. The van der Waals surface area contributed by atoms with Gasteiger partial charge in [-0.2, -0.15) is 0 Å². The molecule has 0 saturated heterocycles. The number of rotatable bonds is 2. The number of hydrogen-bond donors (Lipinski definition) is 0. The summed E-state index contributed by atoms with van der Waals surface area (Å²) in [4.78, 5) is 4.42. The SMILES string of the molecule is CCc1nc2ccc(F)cc2n1-c1ccccc1F. The number of benzene rings is 2. The van der Waals surface area contributed by atoms with Crippen molar-refractivity contribution in [2.75, 3.05) is 0 Å². The van der Waals surface area contributed by atoms with Crippen LogP contribution in [-0.2, 0) is 6.42 Å². The van der Waals surface area contributed by atoms with Crippen molar-refractivity contribution < 1.29 is 8.78 Å². The quantitative estimate of drug-likeness (QED) is 0.682. The molecule has 4 heteroatoms. The summed E-state index contributed by atoms with van der Waals surface area (Å²) in [7, 11) is 0. The van der Waals surface area contributed by atoms with E-state index in [1.807, 2.05) is 6.92 Å². The van der Waals surface area contributed by atoms with Crippen LogP contribution in [0.4, 0.5) is 8.78 Å². The molecule has 96 valence electrons. The molecule has 0 aliphatic heterocycles. The van der Waals surface area contributed by atoms with E-state index in [9.17, 15) is 8.78 Å². The van der Waals surface area contributed by atoms with E-state index in [2.05, 4.69) is 4.98 Å². The molecule has 0 atom stereocenters. The average Bonchev–Trinajstić information content (AvgIpc) is 2.77. The standard InChI is InChI=1S/C15H12F2N2/c1-2-15-18-12-8-7-10(16)9-14(12)19(15)13-6-4-3-5-11(13)17/h3-9H,2H2,1H3. The van der Waals surface area contributed by atoms with Crippen LogP contribution in [0.25, 0.3) is 16.7 Å². The van der Waals surface area contributed by atoms with E-state index >= 15 is 0 Å². The van der Waals surface area contributed by atoms with Crippen molar-refractivity contribution in [3.05, 3.63) is 59.9 Å². The summed E-state index contributed by atoms with van der Waals surface area (Å²) in [6, 6.07) is 10.8. The van der Waals surface area contributed by atoms with Crippen molar-refractivity contribution in [1.82, 2.24) is 9.55 Å². The summed E-state index contributed by atoms with van der Waals surface area (Å²) in [5, 5.41) is 0. The van der Waals surface area contributed by atoms with E-state index in [1.165, 1.54) is 18.2 Å². The lowest BCUT2D eigenvalue weighted by molar-refractivity contribution is 0.615. The average molecular weight is 258 g/mol. The molecule has 0 aliphatic rings. The fourth-order valence-corrected chi connectivity index (χ4v) is 2.24. The Labute approximate surface area is 109 Å². The third-order valence-electron chi connectivity index (χ3n) is 3.10. The highest BCUT2D eigenvalue weighted by Gasteiger charge is 2.14. The second-order valence-electron chi connectivity index (χ2n) is 4.30. The van der Waals surface area contributed by atoms with Crippen molar-refractivity contribution in [3.8, 4) is 5.69 Å². The third-order valence-corrected chi connectivity index (χ3v) is 3.10. The van der Waals surface area contributed by atoms with Gasteiger partial charge >= 0.3 is 0 Å². The van der Waals surface area contributed by atoms with Gasteiger partial charge < -0.3 is 0 Å². The number of para-hydroxylation sites is 1. The Morgan fingerprint density at radius 2 is 1.89 bits per heavy atom. The minimum Gasteiger partial charge on any atom is -0.293 e. The molecule has 0 spiro atoms. The van der Waals surface area contributed by atoms with Gasteiger partial charge in [0.25, 0.3) is 0 Å². The van der Waals surface area contributed by atoms with E-state index in [-0.39, 0.29) is 11.6 Å². The second-order valence-corrected chi connectivity index (χ2v) is 4.30. The van der Waals surface area contributed by atoms with Gasteiger partial charge in [-0.25, -0.2) is 13.8 Å². The maximum atomic E-state index is 14.0. The van der Waals surface area contributed by atoms with Gasteiger partial charge in [0.1, 0.15) is 17.5 Å². The van der Waals surface area contributed by atoms with Gasteiger partial charge in [0.2, 0.25) is 0 Å². The molecule has 0 saturated carbocycles. The van der Waals surface area contributed by atoms with Crippen LogP contribution >= 0.6 is 0 Å². The van der Waals surface area contributed by atoms with E-state index in [0.717, 1.165) is 0 Å². The summed E-state index contributed by atoms with van der Waals surface area (Å²) in [6.07, 6.45) is 0.643. The van der Waals surface area contributed by atoms with Crippen molar-refractivity contribution in [2.24, 2.45) is 0 Å². The fraction of sp³-hybridized carbons (Fsp3) is 0.133. The first kappa shape index (κ1) is 11.8. The van der Waals surface area contributed by atoms with Gasteiger partial charge in [0, 0.05) is 12.5 Å². The summed E-state index contributed by atoms with van der Waals surface area (Å²) in [6.45, 7) is 1.94. The first-order chi connectivity index (χ1) is 9.20. The molecular formula is C15H12F2N2. The highest BCUT2D eigenvalue weighted by Crippen LogP contribution is 2.24. The normalized spacial score (nSPS) is 11.1. The maximum absolute atomic E-state index is 14.0. The van der Waals surface area contributed by atoms with Gasteiger partial charge in [-0.05, 0) is 24.3 Å². The number of fused-ring (bicyclic) bond motifs is 1. The molecule has 0 amide bonds. The Hall–Kier alpha value is -2.23. The summed E-state index contributed by atoms with van der Waals surface area (Å²) in [5.74, 6) is 0.0131. The number of halogens is 2. The molecule has 2 aromatic carbocycles. The Kier molecular flexibility index (Phi) is 2.78. The van der Waals surface area contributed by atoms with Crippen LogP contribution in [0.2, 0.25) is 0 Å². The van der Waals surface area contributed by atoms with Gasteiger partial charge in [-0.1, -0.05) is 19.1 Å². The van der Waals surface area contributed by atoms with Crippen LogP contribution in [0, 0.1) is 11.6 Å². The number of aromatic nitrogens is 2. The van der Waals surface area contributed by atoms with Crippen molar-refractivity contribution in [1.29, 1.82) is 0 Å². The zero-order chi connectivity index (χ0) is 13.4. The molecule has 1 aromatic heterocycles. The van der Waals surface area contributed by atoms with Crippen LogP contribution < -0.4 is 0 Å². The molecular weight excluding hydrogens is 246 g/mol. The number of aryl methyl sites for hydroxylation is 1.